The smallest absolute Gasteiger partial charge is 0.227 e. The lowest BCUT2D eigenvalue weighted by Crippen LogP contribution is -2.51. The van der Waals surface area contributed by atoms with Gasteiger partial charge in [-0.05, 0) is 36.6 Å². The molecule has 2 amide bonds. The highest BCUT2D eigenvalue weighted by molar-refractivity contribution is 5.80. The Hall–Kier alpha value is -2.82. The standard InChI is InChI=1S/C23H28N2O3/c1-18-3-5-19(6-4-18)9-12-22(26)24-13-15-25(16-14-24)23(27)17-20-7-10-21(28-2)11-8-20/h3-8,10-11H,9,12-17H2,1-2H3. The number of rotatable bonds is 6. The highest BCUT2D eigenvalue weighted by Crippen LogP contribution is 2.14. The van der Waals surface area contributed by atoms with Crippen LogP contribution >= 0.6 is 0 Å². The third-order valence-electron chi connectivity index (χ3n) is 5.25. The van der Waals surface area contributed by atoms with E-state index >= 15 is 0 Å². The van der Waals surface area contributed by atoms with E-state index in [1.807, 2.05) is 34.1 Å². The average molecular weight is 380 g/mol. The van der Waals surface area contributed by atoms with E-state index in [0.29, 0.717) is 39.0 Å². The highest BCUT2D eigenvalue weighted by atomic mass is 16.5. The van der Waals surface area contributed by atoms with Crippen LogP contribution in [0.1, 0.15) is 23.1 Å². The van der Waals surface area contributed by atoms with Gasteiger partial charge in [0.1, 0.15) is 5.75 Å². The maximum atomic E-state index is 12.5. The second-order valence-corrected chi connectivity index (χ2v) is 7.27. The average Bonchev–Trinajstić information content (AvgIpc) is 2.73. The molecule has 0 bridgehead atoms. The van der Waals surface area contributed by atoms with Crippen LogP contribution in [0.4, 0.5) is 0 Å². The van der Waals surface area contributed by atoms with Gasteiger partial charge in [0, 0.05) is 32.6 Å². The molecule has 1 saturated heterocycles. The van der Waals surface area contributed by atoms with Crippen LogP contribution in [0.15, 0.2) is 48.5 Å². The van der Waals surface area contributed by atoms with E-state index < -0.39 is 0 Å². The lowest BCUT2D eigenvalue weighted by Gasteiger charge is -2.35. The van der Waals surface area contributed by atoms with Gasteiger partial charge in [-0.2, -0.15) is 0 Å². The summed E-state index contributed by atoms with van der Waals surface area (Å²) in [5.74, 6) is 1.06. The lowest BCUT2D eigenvalue weighted by atomic mass is 10.1. The molecule has 3 rings (SSSR count). The second kappa shape index (κ2) is 9.40. The van der Waals surface area contributed by atoms with Crippen LogP contribution in [0, 0.1) is 6.92 Å². The largest absolute Gasteiger partial charge is 0.497 e. The first-order valence-corrected chi connectivity index (χ1v) is 9.79. The maximum absolute atomic E-state index is 12.5. The summed E-state index contributed by atoms with van der Waals surface area (Å²) >= 11 is 0. The molecule has 0 spiro atoms. The van der Waals surface area contributed by atoms with E-state index in [0.717, 1.165) is 17.7 Å². The lowest BCUT2D eigenvalue weighted by molar-refractivity contribution is -0.139. The number of hydrogen-bond acceptors (Lipinski definition) is 3. The van der Waals surface area contributed by atoms with E-state index in [-0.39, 0.29) is 11.8 Å². The number of hydrogen-bond donors (Lipinski definition) is 0. The monoisotopic (exact) mass is 380 g/mol. The Morgan fingerprint density at radius 1 is 0.821 bits per heavy atom. The minimum atomic E-state index is 0.108. The molecule has 0 N–H and O–H groups in total. The maximum Gasteiger partial charge on any atom is 0.227 e. The predicted molar refractivity (Wildman–Crippen MR) is 109 cm³/mol. The van der Waals surface area contributed by atoms with Crippen LogP contribution in [0.5, 0.6) is 5.75 Å². The molecule has 0 radical (unpaired) electrons. The molecular formula is C23H28N2O3. The molecule has 1 fully saturated rings. The first-order valence-electron chi connectivity index (χ1n) is 9.79. The van der Waals surface area contributed by atoms with E-state index in [9.17, 15) is 9.59 Å². The van der Waals surface area contributed by atoms with Gasteiger partial charge >= 0.3 is 0 Å². The van der Waals surface area contributed by atoms with Crippen LogP contribution in [-0.2, 0) is 22.4 Å². The Kier molecular flexibility index (Phi) is 6.69. The van der Waals surface area contributed by atoms with Crippen LogP contribution in [0.25, 0.3) is 0 Å². The van der Waals surface area contributed by atoms with Gasteiger partial charge in [0.2, 0.25) is 11.8 Å². The van der Waals surface area contributed by atoms with E-state index in [1.165, 1.54) is 11.1 Å². The molecular weight excluding hydrogens is 352 g/mol. The van der Waals surface area contributed by atoms with Crippen molar-refractivity contribution in [3.8, 4) is 5.75 Å². The summed E-state index contributed by atoms with van der Waals surface area (Å²) in [4.78, 5) is 28.7. The van der Waals surface area contributed by atoms with Crippen molar-refractivity contribution in [1.82, 2.24) is 9.80 Å². The quantitative estimate of drug-likeness (QED) is 0.774. The number of aryl methyl sites for hydroxylation is 2. The molecule has 5 heteroatoms. The van der Waals surface area contributed by atoms with Gasteiger partial charge < -0.3 is 14.5 Å². The van der Waals surface area contributed by atoms with Crippen molar-refractivity contribution in [3.63, 3.8) is 0 Å². The Morgan fingerprint density at radius 3 is 1.93 bits per heavy atom. The molecule has 0 aromatic heterocycles. The zero-order valence-corrected chi connectivity index (χ0v) is 16.7. The Morgan fingerprint density at radius 2 is 1.36 bits per heavy atom. The molecule has 0 unspecified atom stereocenters. The summed E-state index contributed by atoms with van der Waals surface area (Å²) in [6, 6.07) is 15.9. The topological polar surface area (TPSA) is 49.9 Å². The summed E-state index contributed by atoms with van der Waals surface area (Å²) in [6.45, 7) is 4.49. The van der Waals surface area contributed by atoms with Crippen LogP contribution in [0.3, 0.4) is 0 Å². The fourth-order valence-corrected chi connectivity index (χ4v) is 3.40. The Balaban J connectivity index is 1.43. The first-order chi connectivity index (χ1) is 13.5. The predicted octanol–water partition coefficient (Wildman–Crippen LogP) is 2.85. The highest BCUT2D eigenvalue weighted by Gasteiger charge is 2.23. The van der Waals surface area contributed by atoms with Gasteiger partial charge in [-0.1, -0.05) is 42.0 Å². The number of nitrogens with zero attached hydrogens (tertiary/aromatic N) is 2. The molecule has 2 aromatic rings. The molecule has 1 aliphatic heterocycles. The van der Waals surface area contributed by atoms with Gasteiger partial charge in [-0.25, -0.2) is 0 Å². The summed E-state index contributed by atoms with van der Waals surface area (Å²) in [7, 11) is 1.63. The molecule has 1 aliphatic rings. The van der Waals surface area contributed by atoms with Gasteiger partial charge in [-0.15, -0.1) is 0 Å². The number of ether oxygens (including phenoxy) is 1. The van der Waals surface area contributed by atoms with Crippen molar-refractivity contribution in [3.05, 3.63) is 65.2 Å². The zero-order valence-electron chi connectivity index (χ0n) is 16.7. The van der Waals surface area contributed by atoms with Crippen molar-refractivity contribution >= 4 is 11.8 Å². The molecule has 148 valence electrons. The molecule has 0 atom stereocenters. The van der Waals surface area contributed by atoms with Crippen LogP contribution in [-0.4, -0.2) is 54.9 Å². The van der Waals surface area contributed by atoms with Gasteiger partial charge in [0.25, 0.3) is 0 Å². The third kappa shape index (κ3) is 5.35. The second-order valence-electron chi connectivity index (χ2n) is 7.27. The van der Waals surface area contributed by atoms with Crippen LogP contribution < -0.4 is 4.74 Å². The SMILES string of the molecule is COc1ccc(CC(=O)N2CCN(C(=O)CCc3ccc(C)cc3)CC2)cc1. The van der Waals surface area contributed by atoms with Gasteiger partial charge in [-0.3, -0.25) is 9.59 Å². The van der Waals surface area contributed by atoms with Crippen molar-refractivity contribution in [2.24, 2.45) is 0 Å². The summed E-state index contributed by atoms with van der Waals surface area (Å²) in [5, 5.41) is 0. The molecule has 28 heavy (non-hydrogen) atoms. The minimum Gasteiger partial charge on any atom is -0.497 e. The fourth-order valence-electron chi connectivity index (χ4n) is 3.40. The Bertz CT molecular complexity index is 792. The van der Waals surface area contributed by atoms with E-state index in [4.69, 9.17) is 4.74 Å². The van der Waals surface area contributed by atoms with Gasteiger partial charge in [0.05, 0.1) is 13.5 Å². The number of carbonyl (C=O) groups is 2. The molecule has 2 aromatic carbocycles. The molecule has 5 nitrogen and oxygen atoms in total. The number of amides is 2. The minimum absolute atomic E-state index is 0.108. The summed E-state index contributed by atoms with van der Waals surface area (Å²) < 4.78 is 5.15. The van der Waals surface area contributed by atoms with Crippen molar-refractivity contribution in [2.75, 3.05) is 33.3 Å². The van der Waals surface area contributed by atoms with Crippen molar-refractivity contribution < 1.29 is 14.3 Å². The first kappa shape index (κ1) is 19.9. The number of piperazine rings is 1. The number of carbonyl (C=O) groups excluding carboxylic acids is 2. The normalized spacial score (nSPS) is 14.1. The van der Waals surface area contributed by atoms with Crippen molar-refractivity contribution in [2.45, 2.75) is 26.2 Å². The summed E-state index contributed by atoms with van der Waals surface area (Å²) in [6.07, 6.45) is 1.66. The Labute approximate surface area is 166 Å². The molecule has 0 saturated carbocycles. The van der Waals surface area contributed by atoms with Crippen LogP contribution in [0.2, 0.25) is 0 Å². The summed E-state index contributed by atoms with van der Waals surface area (Å²) in [5.41, 5.74) is 3.39. The molecule has 0 aliphatic carbocycles. The van der Waals surface area contributed by atoms with Crippen molar-refractivity contribution in [1.29, 1.82) is 0 Å². The van der Waals surface area contributed by atoms with E-state index in [1.54, 1.807) is 7.11 Å². The number of methoxy groups -OCH3 is 1. The zero-order chi connectivity index (χ0) is 19.9. The molecule has 1 heterocycles. The number of benzene rings is 2. The van der Waals surface area contributed by atoms with E-state index in [2.05, 4.69) is 31.2 Å². The fraction of sp³-hybridized carbons (Fsp3) is 0.391. The van der Waals surface area contributed by atoms with Gasteiger partial charge in [0.15, 0.2) is 0 Å². The third-order valence-corrected chi connectivity index (χ3v) is 5.25.